The molecule has 24 heavy (non-hydrogen) atoms. The minimum absolute atomic E-state index is 0.168. The quantitative estimate of drug-likeness (QED) is 0.546. The predicted molar refractivity (Wildman–Crippen MR) is 89.1 cm³/mol. The zero-order valence-corrected chi connectivity index (χ0v) is 16.0. The molecule has 7 nitrogen and oxygen atoms in total. The highest BCUT2D eigenvalue weighted by Crippen LogP contribution is 2.35. The van der Waals surface area contributed by atoms with E-state index in [4.69, 9.17) is 14.2 Å². The van der Waals surface area contributed by atoms with E-state index in [1.807, 2.05) is 20.8 Å². The zero-order chi connectivity index (χ0) is 18.6. The molecule has 1 N–H and O–H groups in total. The van der Waals surface area contributed by atoms with Crippen molar-refractivity contribution in [1.82, 2.24) is 0 Å². The molecule has 1 aliphatic heterocycles. The smallest absolute Gasteiger partial charge is 0.357 e. The van der Waals surface area contributed by atoms with Crippen molar-refractivity contribution in [3.63, 3.8) is 0 Å². The van der Waals surface area contributed by atoms with Crippen molar-refractivity contribution in [3.8, 4) is 0 Å². The molecule has 0 spiro atoms. The van der Waals surface area contributed by atoms with Gasteiger partial charge in [-0.3, -0.25) is 4.55 Å². The van der Waals surface area contributed by atoms with E-state index in [-0.39, 0.29) is 11.8 Å². The summed E-state index contributed by atoms with van der Waals surface area (Å²) in [6.45, 7) is 9.84. The Morgan fingerprint density at radius 2 is 1.75 bits per heavy atom. The Balaban J connectivity index is 3.18. The summed E-state index contributed by atoms with van der Waals surface area (Å²) in [5, 5.41) is 0. The van der Waals surface area contributed by atoms with E-state index in [2.05, 4.69) is 0 Å². The van der Waals surface area contributed by atoms with Gasteiger partial charge < -0.3 is 14.2 Å². The number of hydrogen-bond donors (Lipinski definition) is 1. The standard InChI is InChI=1S/C16H30O7S/c1-12(2)22-14(17)16(24(18,19)20,9-8-15(3,4)5)23-13-6-10-21-11-7-13/h12-13H,6-11H2,1-5H3,(H,18,19,20). The average molecular weight is 366 g/mol. The summed E-state index contributed by atoms with van der Waals surface area (Å²) >= 11 is 0. The minimum atomic E-state index is -4.83. The third-order valence-corrected chi connectivity index (χ3v) is 5.10. The van der Waals surface area contributed by atoms with E-state index in [9.17, 15) is 17.8 Å². The summed E-state index contributed by atoms with van der Waals surface area (Å²) in [6, 6.07) is 0. The molecular formula is C16H30O7S. The van der Waals surface area contributed by atoms with Gasteiger partial charge in [-0.1, -0.05) is 20.8 Å². The number of hydrogen-bond acceptors (Lipinski definition) is 6. The third-order valence-electron chi connectivity index (χ3n) is 3.80. The van der Waals surface area contributed by atoms with Crippen molar-refractivity contribution in [3.05, 3.63) is 0 Å². The summed E-state index contributed by atoms with van der Waals surface area (Å²) in [4.78, 5) is 10.2. The Bertz CT molecular complexity index is 515. The summed E-state index contributed by atoms with van der Waals surface area (Å²) in [7, 11) is -4.83. The van der Waals surface area contributed by atoms with E-state index in [0.717, 1.165) is 0 Å². The number of rotatable bonds is 7. The first-order valence-corrected chi connectivity index (χ1v) is 9.75. The molecule has 1 fully saturated rings. The predicted octanol–water partition coefficient (Wildman–Crippen LogP) is 2.54. The van der Waals surface area contributed by atoms with E-state index < -0.39 is 33.2 Å². The molecule has 8 heteroatoms. The maximum absolute atomic E-state index is 12.6. The van der Waals surface area contributed by atoms with Crippen LogP contribution >= 0.6 is 0 Å². The lowest BCUT2D eigenvalue weighted by atomic mass is 9.89. The molecule has 0 aromatic rings. The molecular weight excluding hydrogens is 336 g/mol. The van der Waals surface area contributed by atoms with Crippen molar-refractivity contribution in [2.45, 2.75) is 77.4 Å². The molecule has 1 heterocycles. The lowest BCUT2D eigenvalue weighted by Crippen LogP contribution is -2.53. The largest absolute Gasteiger partial charge is 0.460 e. The maximum atomic E-state index is 12.6. The first-order chi connectivity index (χ1) is 10.9. The molecule has 0 radical (unpaired) electrons. The molecule has 0 aliphatic carbocycles. The Kier molecular flexibility index (Phi) is 7.22. The van der Waals surface area contributed by atoms with Gasteiger partial charge in [0.1, 0.15) is 0 Å². The van der Waals surface area contributed by atoms with Crippen molar-refractivity contribution in [2.24, 2.45) is 5.41 Å². The maximum Gasteiger partial charge on any atom is 0.357 e. The molecule has 142 valence electrons. The van der Waals surface area contributed by atoms with Crippen LogP contribution in [0.4, 0.5) is 0 Å². The second-order valence-corrected chi connectivity index (χ2v) is 9.28. The van der Waals surface area contributed by atoms with Gasteiger partial charge in [-0.05, 0) is 38.5 Å². The Morgan fingerprint density at radius 3 is 2.17 bits per heavy atom. The van der Waals surface area contributed by atoms with Crippen LogP contribution in [0.25, 0.3) is 0 Å². The van der Waals surface area contributed by atoms with Gasteiger partial charge in [-0.25, -0.2) is 4.79 Å². The molecule has 0 amide bonds. The van der Waals surface area contributed by atoms with E-state index in [0.29, 0.717) is 32.5 Å². The second kappa shape index (κ2) is 8.12. The van der Waals surface area contributed by atoms with Crippen LogP contribution in [0, 0.1) is 5.41 Å². The van der Waals surface area contributed by atoms with Crippen LogP contribution in [-0.2, 0) is 29.1 Å². The summed E-state index contributed by atoms with van der Waals surface area (Å²) < 4.78 is 50.2. The van der Waals surface area contributed by atoms with Crippen molar-refractivity contribution < 1.29 is 32.0 Å². The highest BCUT2D eigenvalue weighted by molar-refractivity contribution is 7.87. The van der Waals surface area contributed by atoms with Crippen LogP contribution in [0.1, 0.15) is 60.3 Å². The average Bonchev–Trinajstić information content (AvgIpc) is 2.41. The van der Waals surface area contributed by atoms with Gasteiger partial charge in [0.2, 0.25) is 0 Å². The molecule has 0 aromatic carbocycles. The van der Waals surface area contributed by atoms with Crippen molar-refractivity contribution >= 4 is 16.1 Å². The Labute approximate surface area is 144 Å². The second-order valence-electron chi connectivity index (χ2n) is 7.67. The van der Waals surface area contributed by atoms with Crippen LogP contribution in [0.2, 0.25) is 0 Å². The van der Waals surface area contributed by atoms with Gasteiger partial charge in [0, 0.05) is 19.6 Å². The number of carbonyl (C=O) groups is 1. The SMILES string of the molecule is CC(C)OC(=O)C(CCC(C)(C)C)(OC1CCOCC1)S(=O)(=O)O. The molecule has 0 saturated carbocycles. The highest BCUT2D eigenvalue weighted by atomic mass is 32.2. The molecule has 1 saturated heterocycles. The van der Waals surface area contributed by atoms with Crippen LogP contribution in [0.15, 0.2) is 0 Å². The van der Waals surface area contributed by atoms with Gasteiger partial charge in [0.25, 0.3) is 4.93 Å². The molecule has 0 bridgehead atoms. The van der Waals surface area contributed by atoms with E-state index in [1.165, 1.54) is 0 Å². The minimum Gasteiger partial charge on any atom is -0.460 e. The molecule has 1 atom stereocenters. The van der Waals surface area contributed by atoms with E-state index >= 15 is 0 Å². The van der Waals surface area contributed by atoms with Gasteiger partial charge >= 0.3 is 16.1 Å². The molecule has 1 aliphatic rings. The first kappa shape index (κ1) is 21.3. The first-order valence-electron chi connectivity index (χ1n) is 8.31. The molecule has 1 unspecified atom stereocenters. The number of carbonyl (C=O) groups excluding carboxylic acids is 1. The van der Waals surface area contributed by atoms with Crippen LogP contribution in [0.5, 0.6) is 0 Å². The third kappa shape index (κ3) is 5.98. The number of esters is 1. The summed E-state index contributed by atoms with van der Waals surface area (Å²) in [5.41, 5.74) is -0.243. The van der Waals surface area contributed by atoms with Crippen LogP contribution in [-0.4, -0.2) is 49.3 Å². The van der Waals surface area contributed by atoms with E-state index in [1.54, 1.807) is 13.8 Å². The van der Waals surface area contributed by atoms with Gasteiger partial charge in [0.05, 0.1) is 12.2 Å². The summed E-state index contributed by atoms with van der Waals surface area (Å²) in [5.74, 6) is -1.06. The van der Waals surface area contributed by atoms with Gasteiger partial charge in [0.15, 0.2) is 0 Å². The monoisotopic (exact) mass is 366 g/mol. The van der Waals surface area contributed by atoms with Crippen LogP contribution < -0.4 is 0 Å². The van der Waals surface area contributed by atoms with Gasteiger partial charge in [-0.2, -0.15) is 8.42 Å². The normalized spacial score (nSPS) is 20.0. The lowest BCUT2D eigenvalue weighted by molar-refractivity contribution is -0.177. The fourth-order valence-electron chi connectivity index (χ4n) is 2.41. The highest BCUT2D eigenvalue weighted by Gasteiger charge is 2.55. The Morgan fingerprint density at radius 1 is 1.21 bits per heavy atom. The van der Waals surface area contributed by atoms with Gasteiger partial charge in [-0.15, -0.1) is 0 Å². The zero-order valence-electron chi connectivity index (χ0n) is 15.2. The fourth-order valence-corrected chi connectivity index (χ4v) is 3.29. The van der Waals surface area contributed by atoms with Crippen LogP contribution in [0.3, 0.4) is 0 Å². The topological polar surface area (TPSA) is 99.1 Å². The Hall–Kier alpha value is -0.700. The summed E-state index contributed by atoms with van der Waals surface area (Å²) in [6.07, 6.45) is 0.109. The number of ether oxygens (including phenoxy) is 3. The van der Waals surface area contributed by atoms with Crippen molar-refractivity contribution in [2.75, 3.05) is 13.2 Å². The fraction of sp³-hybridized carbons (Fsp3) is 0.938. The lowest BCUT2D eigenvalue weighted by Gasteiger charge is -2.35. The van der Waals surface area contributed by atoms with Crippen molar-refractivity contribution in [1.29, 1.82) is 0 Å². The molecule has 1 rings (SSSR count). The molecule has 0 aromatic heterocycles.